The highest BCUT2D eigenvalue weighted by atomic mass is 16.3. The van der Waals surface area contributed by atoms with Gasteiger partial charge in [0, 0.05) is 12.7 Å². The predicted molar refractivity (Wildman–Crippen MR) is 71.7 cm³/mol. The van der Waals surface area contributed by atoms with Gasteiger partial charge >= 0.3 is 0 Å². The summed E-state index contributed by atoms with van der Waals surface area (Å²) in [6.07, 6.45) is 3.99. The van der Waals surface area contributed by atoms with Crippen LogP contribution in [0.1, 0.15) is 26.0 Å². The van der Waals surface area contributed by atoms with E-state index in [9.17, 15) is 4.79 Å². The van der Waals surface area contributed by atoms with Crippen molar-refractivity contribution in [2.75, 3.05) is 6.54 Å². The van der Waals surface area contributed by atoms with E-state index in [1.54, 1.807) is 12.1 Å². The zero-order chi connectivity index (χ0) is 14.1. The maximum atomic E-state index is 11.7. The molecule has 0 bridgehead atoms. The van der Waals surface area contributed by atoms with Crippen LogP contribution in [0.4, 0.5) is 0 Å². The molecule has 102 valence electrons. The van der Waals surface area contributed by atoms with E-state index in [1.165, 1.54) is 12.5 Å². The van der Waals surface area contributed by atoms with E-state index in [1.807, 2.05) is 6.07 Å². The summed E-state index contributed by atoms with van der Waals surface area (Å²) in [5.74, 6) is 0.827. The summed E-state index contributed by atoms with van der Waals surface area (Å²) in [6, 6.07) is 5.38. The third-order valence-electron chi connectivity index (χ3n) is 2.48. The first-order chi connectivity index (χ1) is 9.13. The lowest BCUT2D eigenvalue weighted by Crippen LogP contribution is -2.25. The summed E-state index contributed by atoms with van der Waals surface area (Å²) in [7, 11) is 0. The van der Waals surface area contributed by atoms with Gasteiger partial charge in [0.2, 0.25) is 0 Å². The molecule has 1 heterocycles. The van der Waals surface area contributed by atoms with E-state index < -0.39 is 5.91 Å². The molecule has 0 atom stereocenters. The number of carbonyl (C=O) groups is 1. The van der Waals surface area contributed by atoms with E-state index >= 15 is 0 Å². The van der Waals surface area contributed by atoms with Crippen LogP contribution < -0.4 is 10.6 Å². The molecule has 1 aromatic rings. The molecule has 0 saturated carbocycles. The largest absolute Gasteiger partial charge is 0.467 e. The Kier molecular flexibility index (Phi) is 6.23. The van der Waals surface area contributed by atoms with Gasteiger partial charge in [-0.05, 0) is 24.5 Å². The van der Waals surface area contributed by atoms with E-state index in [0.29, 0.717) is 11.7 Å². The van der Waals surface area contributed by atoms with Gasteiger partial charge in [-0.15, -0.1) is 0 Å². The van der Waals surface area contributed by atoms with Gasteiger partial charge in [-0.25, -0.2) is 0 Å². The topological polar surface area (TPSA) is 78.1 Å². The normalized spacial score (nSPS) is 11.2. The van der Waals surface area contributed by atoms with E-state index in [0.717, 1.165) is 13.0 Å². The molecule has 1 amide bonds. The lowest BCUT2D eigenvalue weighted by molar-refractivity contribution is -0.117. The fraction of sp³-hybridized carbons (Fsp3) is 0.429. The summed E-state index contributed by atoms with van der Waals surface area (Å²) in [4.78, 5) is 11.7. The van der Waals surface area contributed by atoms with Gasteiger partial charge in [-0.3, -0.25) is 4.79 Å². The van der Waals surface area contributed by atoms with Crippen molar-refractivity contribution in [3.05, 3.63) is 35.9 Å². The Labute approximate surface area is 113 Å². The Balaban J connectivity index is 2.38. The Bertz CT molecular complexity index is 456. The monoisotopic (exact) mass is 261 g/mol. The number of nitrogens with one attached hydrogen (secondary N) is 2. The van der Waals surface area contributed by atoms with Gasteiger partial charge < -0.3 is 15.1 Å². The second kappa shape index (κ2) is 7.98. The quantitative estimate of drug-likeness (QED) is 0.446. The Morgan fingerprint density at radius 3 is 2.95 bits per heavy atom. The molecule has 19 heavy (non-hydrogen) atoms. The molecule has 5 nitrogen and oxygen atoms in total. The molecule has 1 aromatic heterocycles. The minimum absolute atomic E-state index is 0.0651. The molecule has 1 rings (SSSR count). The van der Waals surface area contributed by atoms with Gasteiger partial charge in [-0.2, -0.15) is 5.26 Å². The van der Waals surface area contributed by atoms with E-state index in [2.05, 4.69) is 24.5 Å². The first kappa shape index (κ1) is 14.8. The van der Waals surface area contributed by atoms with Crippen molar-refractivity contribution >= 4 is 5.91 Å². The van der Waals surface area contributed by atoms with Crippen LogP contribution in [0.2, 0.25) is 0 Å². The minimum atomic E-state index is -0.407. The Hall–Kier alpha value is -2.22. The van der Waals surface area contributed by atoms with Crippen molar-refractivity contribution < 1.29 is 9.21 Å². The molecule has 0 aliphatic heterocycles. The lowest BCUT2D eigenvalue weighted by atomic mass is 10.1. The zero-order valence-corrected chi connectivity index (χ0v) is 11.3. The van der Waals surface area contributed by atoms with Crippen LogP contribution in [-0.4, -0.2) is 12.5 Å². The molecule has 0 spiro atoms. The molecule has 0 aromatic carbocycles. The number of carbonyl (C=O) groups excluding carboxylic acids is 1. The van der Waals surface area contributed by atoms with Crippen molar-refractivity contribution in [3.63, 3.8) is 0 Å². The summed E-state index contributed by atoms with van der Waals surface area (Å²) < 4.78 is 5.09. The number of rotatable bonds is 7. The number of nitriles is 1. The Morgan fingerprint density at radius 2 is 2.37 bits per heavy atom. The van der Waals surface area contributed by atoms with Crippen molar-refractivity contribution in [2.24, 2.45) is 5.92 Å². The molecule has 0 saturated heterocycles. The number of furan rings is 1. The van der Waals surface area contributed by atoms with Gasteiger partial charge in [-0.1, -0.05) is 13.8 Å². The highest BCUT2D eigenvalue weighted by Gasteiger charge is 2.08. The summed E-state index contributed by atoms with van der Waals surface area (Å²) in [5, 5.41) is 14.5. The first-order valence-electron chi connectivity index (χ1n) is 6.27. The summed E-state index contributed by atoms with van der Waals surface area (Å²) in [5.41, 5.74) is 0.0651. The third-order valence-corrected chi connectivity index (χ3v) is 2.48. The van der Waals surface area contributed by atoms with Crippen molar-refractivity contribution in [2.45, 2.75) is 26.8 Å². The van der Waals surface area contributed by atoms with Crippen LogP contribution in [0, 0.1) is 17.2 Å². The van der Waals surface area contributed by atoms with Crippen LogP contribution >= 0.6 is 0 Å². The molecule has 0 aliphatic rings. The van der Waals surface area contributed by atoms with Crippen LogP contribution in [0.15, 0.2) is 34.6 Å². The van der Waals surface area contributed by atoms with E-state index in [-0.39, 0.29) is 12.1 Å². The fourth-order valence-electron chi connectivity index (χ4n) is 1.37. The number of amides is 1. The van der Waals surface area contributed by atoms with Crippen LogP contribution in [0.25, 0.3) is 0 Å². The molecule has 5 heteroatoms. The second-order valence-electron chi connectivity index (χ2n) is 4.57. The number of hydrogen-bond acceptors (Lipinski definition) is 4. The molecule has 0 radical (unpaired) electrons. The second-order valence-corrected chi connectivity index (χ2v) is 4.57. The first-order valence-corrected chi connectivity index (χ1v) is 6.27. The lowest BCUT2D eigenvalue weighted by Gasteiger charge is -2.05. The summed E-state index contributed by atoms with van der Waals surface area (Å²) in [6.45, 7) is 5.25. The van der Waals surface area contributed by atoms with Crippen molar-refractivity contribution in [1.82, 2.24) is 10.6 Å². The van der Waals surface area contributed by atoms with Crippen LogP contribution in [0.5, 0.6) is 0 Å². The molecule has 2 N–H and O–H groups in total. The highest BCUT2D eigenvalue weighted by Crippen LogP contribution is 2.00. The maximum Gasteiger partial charge on any atom is 0.263 e. The predicted octanol–water partition coefficient (Wildman–Crippen LogP) is 1.94. The zero-order valence-electron chi connectivity index (χ0n) is 11.3. The maximum absolute atomic E-state index is 11.7. The van der Waals surface area contributed by atoms with Gasteiger partial charge in [0.15, 0.2) is 0 Å². The molecular formula is C14H19N3O2. The SMILES string of the molecule is CC(C)CCN/C=C(/C#N)C(=O)NCc1ccco1. The Morgan fingerprint density at radius 1 is 1.58 bits per heavy atom. The van der Waals surface area contributed by atoms with E-state index in [4.69, 9.17) is 9.68 Å². The third kappa shape index (κ3) is 5.77. The smallest absolute Gasteiger partial charge is 0.263 e. The van der Waals surface area contributed by atoms with Gasteiger partial charge in [0.05, 0.1) is 12.8 Å². The number of nitrogens with zero attached hydrogens (tertiary/aromatic N) is 1. The number of hydrogen-bond donors (Lipinski definition) is 2. The molecular weight excluding hydrogens is 242 g/mol. The fourth-order valence-corrected chi connectivity index (χ4v) is 1.37. The minimum Gasteiger partial charge on any atom is -0.467 e. The summed E-state index contributed by atoms with van der Waals surface area (Å²) >= 11 is 0. The molecule has 0 fully saturated rings. The van der Waals surface area contributed by atoms with Crippen LogP contribution in [-0.2, 0) is 11.3 Å². The molecule has 0 aliphatic carbocycles. The average molecular weight is 261 g/mol. The standard InChI is InChI=1S/C14H19N3O2/c1-11(2)5-6-16-9-12(8-15)14(18)17-10-13-4-3-7-19-13/h3-4,7,9,11,16H,5-6,10H2,1-2H3,(H,17,18)/b12-9-. The molecule has 0 unspecified atom stereocenters. The van der Waals surface area contributed by atoms with Gasteiger partial charge in [0.1, 0.15) is 17.4 Å². The van der Waals surface area contributed by atoms with Crippen molar-refractivity contribution in [1.29, 1.82) is 5.26 Å². The van der Waals surface area contributed by atoms with Gasteiger partial charge in [0.25, 0.3) is 5.91 Å². The average Bonchev–Trinajstić information content (AvgIpc) is 2.89. The van der Waals surface area contributed by atoms with Crippen LogP contribution in [0.3, 0.4) is 0 Å². The highest BCUT2D eigenvalue weighted by molar-refractivity contribution is 5.96. The van der Waals surface area contributed by atoms with Crippen molar-refractivity contribution in [3.8, 4) is 6.07 Å².